The Kier molecular flexibility index (Phi) is 6.66. The summed E-state index contributed by atoms with van der Waals surface area (Å²) in [5, 5.41) is 2.94. The number of para-hydroxylation sites is 1. The van der Waals surface area contributed by atoms with Crippen molar-refractivity contribution in [2.75, 3.05) is 13.7 Å². The van der Waals surface area contributed by atoms with E-state index in [0.29, 0.717) is 25.1 Å². The number of hydrogen-bond acceptors (Lipinski definition) is 3. The first-order valence-corrected chi connectivity index (χ1v) is 10.4. The van der Waals surface area contributed by atoms with Crippen LogP contribution in [0.15, 0.2) is 40.8 Å². The van der Waals surface area contributed by atoms with E-state index < -0.39 is 0 Å². The van der Waals surface area contributed by atoms with E-state index in [2.05, 4.69) is 39.9 Å². The third-order valence-corrected chi connectivity index (χ3v) is 6.26. The minimum Gasteiger partial charge on any atom is -0.496 e. The average Bonchev–Trinajstić information content (AvgIpc) is 3.23. The van der Waals surface area contributed by atoms with Crippen LogP contribution in [0, 0.1) is 34.6 Å². The Morgan fingerprint density at radius 1 is 0.900 bits per heavy atom. The lowest BCUT2D eigenvalue weighted by atomic mass is 9.88. The van der Waals surface area contributed by atoms with Crippen molar-refractivity contribution in [3.63, 3.8) is 0 Å². The molecule has 0 saturated heterocycles. The number of furan rings is 1. The van der Waals surface area contributed by atoms with Crippen LogP contribution < -0.4 is 10.1 Å². The van der Waals surface area contributed by atoms with E-state index in [1.165, 1.54) is 33.4 Å². The van der Waals surface area contributed by atoms with Crippen molar-refractivity contribution >= 4 is 5.91 Å². The standard InChI is InChI=1S/C26H31NO3/c1-16-17(2)19(4)23(20(5)18(16)3)15-22-11-12-25(30-22)26(28)27-14-13-21-9-7-8-10-24(21)29-6/h7-12H,13-15H2,1-6H3,(H,27,28). The molecule has 0 aliphatic rings. The summed E-state index contributed by atoms with van der Waals surface area (Å²) in [5.74, 6) is 1.79. The van der Waals surface area contributed by atoms with Gasteiger partial charge in [-0.15, -0.1) is 0 Å². The van der Waals surface area contributed by atoms with Crippen LogP contribution in [0.4, 0.5) is 0 Å². The van der Waals surface area contributed by atoms with Crippen LogP contribution in [0.1, 0.15) is 55.3 Å². The third kappa shape index (κ3) is 4.43. The zero-order valence-corrected chi connectivity index (χ0v) is 18.8. The Morgan fingerprint density at radius 3 is 2.20 bits per heavy atom. The highest BCUT2D eigenvalue weighted by molar-refractivity contribution is 5.91. The van der Waals surface area contributed by atoms with Crippen molar-refractivity contribution < 1.29 is 13.9 Å². The second-order valence-electron chi connectivity index (χ2n) is 7.86. The van der Waals surface area contributed by atoms with E-state index in [4.69, 9.17) is 9.15 Å². The summed E-state index contributed by atoms with van der Waals surface area (Å²) in [6.45, 7) is 11.4. The summed E-state index contributed by atoms with van der Waals surface area (Å²) in [6.07, 6.45) is 1.39. The fraction of sp³-hybridized carbons (Fsp3) is 0.346. The quantitative estimate of drug-likeness (QED) is 0.573. The van der Waals surface area contributed by atoms with Gasteiger partial charge in [0, 0.05) is 13.0 Å². The van der Waals surface area contributed by atoms with Gasteiger partial charge in [0.25, 0.3) is 5.91 Å². The van der Waals surface area contributed by atoms with Gasteiger partial charge in [0.05, 0.1) is 7.11 Å². The van der Waals surface area contributed by atoms with Gasteiger partial charge in [-0.2, -0.15) is 0 Å². The summed E-state index contributed by atoms with van der Waals surface area (Å²) in [7, 11) is 1.66. The van der Waals surface area contributed by atoms with Crippen molar-refractivity contribution in [3.8, 4) is 5.75 Å². The lowest BCUT2D eigenvalue weighted by molar-refractivity contribution is 0.0924. The lowest BCUT2D eigenvalue weighted by Crippen LogP contribution is -2.25. The van der Waals surface area contributed by atoms with Crippen LogP contribution in [-0.2, 0) is 12.8 Å². The van der Waals surface area contributed by atoms with Crippen LogP contribution in [0.2, 0.25) is 0 Å². The molecule has 3 aromatic rings. The van der Waals surface area contributed by atoms with Crippen molar-refractivity contribution in [3.05, 3.63) is 86.9 Å². The first kappa shape index (κ1) is 21.7. The Bertz CT molecular complexity index is 1030. The maximum Gasteiger partial charge on any atom is 0.287 e. The first-order chi connectivity index (χ1) is 14.3. The molecule has 0 atom stereocenters. The topological polar surface area (TPSA) is 51.5 Å². The van der Waals surface area contributed by atoms with E-state index in [1.54, 1.807) is 13.2 Å². The molecule has 0 spiro atoms. The molecule has 1 N–H and O–H groups in total. The van der Waals surface area contributed by atoms with Gasteiger partial charge in [-0.3, -0.25) is 4.79 Å². The minimum absolute atomic E-state index is 0.194. The molecule has 0 radical (unpaired) electrons. The van der Waals surface area contributed by atoms with Crippen molar-refractivity contribution in [1.29, 1.82) is 0 Å². The summed E-state index contributed by atoms with van der Waals surface area (Å²) < 4.78 is 11.2. The maximum absolute atomic E-state index is 12.5. The SMILES string of the molecule is COc1ccccc1CCNC(=O)c1ccc(Cc2c(C)c(C)c(C)c(C)c2C)o1. The Labute approximate surface area is 179 Å². The van der Waals surface area contributed by atoms with Crippen molar-refractivity contribution in [2.24, 2.45) is 0 Å². The van der Waals surface area contributed by atoms with Gasteiger partial charge in [-0.05, 0) is 98.2 Å². The second kappa shape index (κ2) is 9.21. The van der Waals surface area contributed by atoms with Crippen molar-refractivity contribution in [1.82, 2.24) is 5.32 Å². The fourth-order valence-corrected chi connectivity index (χ4v) is 3.92. The zero-order valence-electron chi connectivity index (χ0n) is 18.8. The molecule has 0 bridgehead atoms. The number of amides is 1. The van der Waals surface area contributed by atoms with Crippen molar-refractivity contribution in [2.45, 2.75) is 47.5 Å². The van der Waals surface area contributed by atoms with Gasteiger partial charge in [0.15, 0.2) is 5.76 Å². The fourth-order valence-electron chi connectivity index (χ4n) is 3.92. The molecule has 0 aliphatic heterocycles. The monoisotopic (exact) mass is 405 g/mol. The number of carbonyl (C=O) groups is 1. The molecule has 1 aromatic heterocycles. The first-order valence-electron chi connectivity index (χ1n) is 10.4. The average molecular weight is 406 g/mol. The molecular weight excluding hydrogens is 374 g/mol. The predicted molar refractivity (Wildman–Crippen MR) is 121 cm³/mol. The molecule has 0 saturated carbocycles. The number of methoxy groups -OCH3 is 1. The number of benzene rings is 2. The highest BCUT2D eigenvalue weighted by atomic mass is 16.5. The minimum atomic E-state index is -0.194. The largest absolute Gasteiger partial charge is 0.496 e. The van der Waals surface area contributed by atoms with E-state index in [0.717, 1.165) is 17.1 Å². The van der Waals surface area contributed by atoms with Gasteiger partial charge in [0.1, 0.15) is 11.5 Å². The summed E-state index contributed by atoms with van der Waals surface area (Å²) in [5.41, 5.74) is 8.96. The van der Waals surface area contributed by atoms with Crippen LogP contribution in [-0.4, -0.2) is 19.6 Å². The van der Waals surface area contributed by atoms with Gasteiger partial charge in [-0.1, -0.05) is 18.2 Å². The van der Waals surface area contributed by atoms with Crippen LogP contribution in [0.5, 0.6) is 5.75 Å². The molecule has 1 amide bonds. The highest BCUT2D eigenvalue weighted by Gasteiger charge is 2.16. The Morgan fingerprint density at radius 2 is 1.53 bits per heavy atom. The number of rotatable bonds is 7. The summed E-state index contributed by atoms with van der Waals surface area (Å²) in [4.78, 5) is 12.5. The number of ether oxygens (including phenoxy) is 1. The predicted octanol–water partition coefficient (Wildman–Crippen LogP) is 5.39. The maximum atomic E-state index is 12.5. The molecule has 0 unspecified atom stereocenters. The molecular formula is C26H31NO3. The number of carbonyl (C=O) groups excluding carboxylic acids is 1. The summed E-state index contributed by atoms with van der Waals surface area (Å²) in [6, 6.07) is 11.5. The van der Waals surface area contributed by atoms with Crippen LogP contribution in [0.25, 0.3) is 0 Å². The number of hydrogen-bond donors (Lipinski definition) is 1. The molecule has 4 nitrogen and oxygen atoms in total. The Hall–Kier alpha value is -3.01. The van der Waals surface area contributed by atoms with Crippen LogP contribution in [0.3, 0.4) is 0 Å². The highest BCUT2D eigenvalue weighted by Crippen LogP contribution is 2.28. The molecule has 30 heavy (non-hydrogen) atoms. The van der Waals surface area contributed by atoms with Gasteiger partial charge in [-0.25, -0.2) is 0 Å². The number of nitrogens with one attached hydrogen (secondary N) is 1. The zero-order chi connectivity index (χ0) is 21.8. The molecule has 3 rings (SSSR count). The van der Waals surface area contributed by atoms with Gasteiger partial charge in [0.2, 0.25) is 0 Å². The smallest absolute Gasteiger partial charge is 0.287 e. The van der Waals surface area contributed by atoms with E-state index in [-0.39, 0.29) is 5.91 Å². The molecule has 158 valence electrons. The third-order valence-electron chi connectivity index (χ3n) is 6.26. The molecule has 0 fully saturated rings. The second-order valence-corrected chi connectivity index (χ2v) is 7.86. The van der Waals surface area contributed by atoms with Crippen LogP contribution >= 0.6 is 0 Å². The Balaban J connectivity index is 1.66. The lowest BCUT2D eigenvalue weighted by Gasteiger charge is -2.18. The van der Waals surface area contributed by atoms with E-state index in [9.17, 15) is 4.79 Å². The summed E-state index contributed by atoms with van der Waals surface area (Å²) >= 11 is 0. The molecule has 2 aromatic carbocycles. The van der Waals surface area contributed by atoms with E-state index in [1.807, 2.05) is 30.3 Å². The van der Waals surface area contributed by atoms with E-state index >= 15 is 0 Å². The normalized spacial score (nSPS) is 10.9. The van der Waals surface area contributed by atoms with Gasteiger partial charge < -0.3 is 14.5 Å². The molecule has 1 heterocycles. The van der Waals surface area contributed by atoms with Gasteiger partial charge >= 0.3 is 0 Å². The molecule has 0 aliphatic carbocycles. The molecule has 4 heteroatoms.